The van der Waals surface area contributed by atoms with Crippen molar-refractivity contribution in [2.24, 2.45) is 15.7 Å². The van der Waals surface area contributed by atoms with Gasteiger partial charge in [-0.25, -0.2) is 4.99 Å². The Hall–Kier alpha value is -7.10. The van der Waals surface area contributed by atoms with Crippen LogP contribution in [0, 0.1) is 0 Å². The Morgan fingerprint density at radius 3 is 1.54 bits per heavy atom. The summed E-state index contributed by atoms with van der Waals surface area (Å²) in [5.41, 5.74) is 23.7. The van der Waals surface area contributed by atoms with Gasteiger partial charge in [0.05, 0.1) is 6.54 Å². The second-order valence-electron chi connectivity index (χ2n) is 15.2. The van der Waals surface area contributed by atoms with Gasteiger partial charge in [0.15, 0.2) is 5.84 Å². The highest BCUT2D eigenvalue weighted by molar-refractivity contribution is 6.15. The SMILES string of the molecule is CC1(C)c2cc(-c3ccccc3)ccc2-c2c(C(N=C(N)c3cccc(-c4ccccc4)c3)=NCc3cccc(-c4ccccc4)c3)cc(-c3ccccc3)cc21. The summed E-state index contributed by atoms with van der Waals surface area (Å²) in [5.74, 6) is 1.02. The lowest BCUT2D eigenvalue weighted by Gasteiger charge is -2.23. The molecule has 2 N–H and O–H groups in total. The van der Waals surface area contributed by atoms with Crippen LogP contribution in [-0.2, 0) is 12.0 Å². The summed E-state index contributed by atoms with van der Waals surface area (Å²) < 4.78 is 0. The van der Waals surface area contributed by atoms with E-state index in [2.05, 4.69) is 190 Å². The third-order valence-electron chi connectivity index (χ3n) is 11.2. The molecule has 0 bridgehead atoms. The van der Waals surface area contributed by atoms with Crippen molar-refractivity contribution < 1.29 is 0 Å². The fraction of sp³-hybridized carbons (Fsp3) is 0.0741. The number of nitrogens with zero attached hydrogens (tertiary/aromatic N) is 2. The Morgan fingerprint density at radius 2 is 0.947 bits per heavy atom. The fourth-order valence-electron chi connectivity index (χ4n) is 8.13. The minimum atomic E-state index is -0.288. The van der Waals surface area contributed by atoms with Crippen LogP contribution in [-0.4, -0.2) is 11.7 Å². The molecule has 0 aliphatic heterocycles. The molecule has 3 nitrogen and oxygen atoms in total. The normalized spacial score (nSPS) is 13.2. The fourth-order valence-corrected chi connectivity index (χ4v) is 8.13. The number of hydrogen-bond donors (Lipinski definition) is 1. The summed E-state index contributed by atoms with van der Waals surface area (Å²) in [6.07, 6.45) is 0. The van der Waals surface area contributed by atoms with E-state index >= 15 is 0 Å². The van der Waals surface area contributed by atoms with Gasteiger partial charge >= 0.3 is 0 Å². The van der Waals surface area contributed by atoms with Crippen molar-refractivity contribution in [1.82, 2.24) is 0 Å². The molecule has 1 aliphatic carbocycles. The zero-order valence-electron chi connectivity index (χ0n) is 32.2. The van der Waals surface area contributed by atoms with E-state index in [0.717, 1.165) is 50.1 Å². The van der Waals surface area contributed by atoms with Gasteiger partial charge < -0.3 is 5.73 Å². The molecule has 8 aromatic carbocycles. The van der Waals surface area contributed by atoms with E-state index in [4.69, 9.17) is 15.7 Å². The second kappa shape index (κ2) is 15.2. The topological polar surface area (TPSA) is 50.7 Å². The van der Waals surface area contributed by atoms with Gasteiger partial charge in [-0.1, -0.05) is 184 Å². The molecular weight excluding hydrogens is 691 g/mol. The molecule has 0 saturated carbocycles. The van der Waals surface area contributed by atoms with Gasteiger partial charge in [0.1, 0.15) is 5.84 Å². The van der Waals surface area contributed by atoms with Crippen LogP contribution in [0.2, 0.25) is 0 Å². The minimum absolute atomic E-state index is 0.288. The number of fused-ring (bicyclic) bond motifs is 3. The maximum atomic E-state index is 7.05. The molecule has 0 atom stereocenters. The van der Waals surface area contributed by atoms with Crippen LogP contribution in [0.25, 0.3) is 55.6 Å². The monoisotopic (exact) mass is 733 g/mol. The molecule has 0 saturated heterocycles. The maximum absolute atomic E-state index is 7.05. The first kappa shape index (κ1) is 35.6. The van der Waals surface area contributed by atoms with Crippen LogP contribution in [0.1, 0.15) is 41.7 Å². The van der Waals surface area contributed by atoms with Crippen molar-refractivity contribution in [3.05, 3.63) is 228 Å². The molecule has 0 radical (unpaired) electrons. The molecule has 274 valence electrons. The average Bonchev–Trinajstić information content (AvgIpc) is 3.51. The van der Waals surface area contributed by atoms with Gasteiger partial charge in [-0.05, 0) is 103 Å². The lowest BCUT2D eigenvalue weighted by Crippen LogP contribution is -2.18. The van der Waals surface area contributed by atoms with Gasteiger partial charge in [0.2, 0.25) is 0 Å². The van der Waals surface area contributed by atoms with E-state index in [0.29, 0.717) is 18.2 Å². The van der Waals surface area contributed by atoms with Crippen LogP contribution in [0.3, 0.4) is 0 Å². The first-order chi connectivity index (χ1) is 27.9. The van der Waals surface area contributed by atoms with Gasteiger partial charge in [-0.2, -0.15) is 0 Å². The quantitative estimate of drug-likeness (QED) is 0.123. The summed E-state index contributed by atoms with van der Waals surface area (Å²) in [6, 6.07) is 70.5. The molecule has 8 aromatic rings. The summed E-state index contributed by atoms with van der Waals surface area (Å²) >= 11 is 0. The van der Waals surface area contributed by atoms with E-state index < -0.39 is 0 Å². The predicted molar refractivity (Wildman–Crippen MR) is 240 cm³/mol. The average molecular weight is 734 g/mol. The van der Waals surface area contributed by atoms with E-state index in [1.54, 1.807) is 0 Å². The molecule has 0 fully saturated rings. The Balaban J connectivity index is 1.24. The molecule has 57 heavy (non-hydrogen) atoms. The maximum Gasteiger partial charge on any atom is 0.157 e. The van der Waals surface area contributed by atoms with Crippen molar-refractivity contribution in [3.8, 4) is 55.6 Å². The van der Waals surface area contributed by atoms with Crippen LogP contribution in [0.5, 0.6) is 0 Å². The van der Waals surface area contributed by atoms with Crippen molar-refractivity contribution >= 4 is 11.7 Å². The largest absolute Gasteiger partial charge is 0.383 e. The number of aliphatic imine (C=N–C) groups is 2. The summed E-state index contributed by atoms with van der Waals surface area (Å²) in [5, 5.41) is 0. The van der Waals surface area contributed by atoms with Gasteiger partial charge in [0, 0.05) is 16.5 Å². The number of amidine groups is 2. The lowest BCUT2D eigenvalue weighted by atomic mass is 9.80. The third kappa shape index (κ3) is 7.12. The molecule has 9 rings (SSSR count). The highest BCUT2D eigenvalue weighted by atomic mass is 15.0. The van der Waals surface area contributed by atoms with Gasteiger partial charge in [-0.15, -0.1) is 0 Å². The minimum Gasteiger partial charge on any atom is -0.383 e. The van der Waals surface area contributed by atoms with Crippen LogP contribution in [0.15, 0.2) is 210 Å². The Morgan fingerprint density at radius 1 is 0.456 bits per heavy atom. The molecule has 0 amide bonds. The van der Waals surface area contributed by atoms with Crippen molar-refractivity contribution in [3.63, 3.8) is 0 Å². The summed E-state index contributed by atoms with van der Waals surface area (Å²) in [6.45, 7) is 5.11. The van der Waals surface area contributed by atoms with E-state index in [-0.39, 0.29) is 5.41 Å². The molecule has 0 spiro atoms. The van der Waals surface area contributed by atoms with E-state index in [9.17, 15) is 0 Å². The zero-order chi connectivity index (χ0) is 38.8. The number of benzene rings is 8. The zero-order valence-corrected chi connectivity index (χ0v) is 32.2. The molecule has 0 heterocycles. The van der Waals surface area contributed by atoms with Gasteiger partial charge in [-0.3, -0.25) is 4.99 Å². The lowest BCUT2D eigenvalue weighted by molar-refractivity contribution is 0.661. The summed E-state index contributed by atoms with van der Waals surface area (Å²) in [7, 11) is 0. The second-order valence-corrected chi connectivity index (χ2v) is 15.2. The predicted octanol–water partition coefficient (Wildman–Crippen LogP) is 13.0. The summed E-state index contributed by atoms with van der Waals surface area (Å²) in [4.78, 5) is 10.7. The molecule has 3 heteroatoms. The highest BCUT2D eigenvalue weighted by Gasteiger charge is 2.38. The molecule has 0 aromatic heterocycles. The number of rotatable bonds is 8. The van der Waals surface area contributed by atoms with Crippen molar-refractivity contribution in [2.45, 2.75) is 25.8 Å². The smallest absolute Gasteiger partial charge is 0.157 e. The van der Waals surface area contributed by atoms with Crippen molar-refractivity contribution in [2.75, 3.05) is 0 Å². The van der Waals surface area contributed by atoms with E-state index in [1.807, 2.05) is 24.3 Å². The molecular formula is C54H43N3. The highest BCUT2D eigenvalue weighted by Crippen LogP contribution is 2.52. The van der Waals surface area contributed by atoms with Crippen LogP contribution >= 0.6 is 0 Å². The first-order valence-electron chi connectivity index (χ1n) is 19.6. The number of hydrogen-bond acceptors (Lipinski definition) is 1. The van der Waals surface area contributed by atoms with Crippen LogP contribution in [0.4, 0.5) is 0 Å². The Bertz CT molecular complexity index is 2770. The standard InChI is InChI=1S/C54H43N3/c1-54(2)49-34-44(40-22-11-5-12-23-40)29-30-47(49)51-48(33-46(35-50(51)54)41-24-13-6-14-25-41)53(56-36-37-17-15-26-42(31-37)38-18-7-3-8-19-38)57-52(55)45-28-16-27-43(32-45)39-20-9-4-10-21-39/h3-35H,36H2,1-2H3,(H2,55,56,57). The van der Waals surface area contributed by atoms with E-state index in [1.165, 1.54) is 33.4 Å². The van der Waals surface area contributed by atoms with Crippen molar-refractivity contribution in [1.29, 1.82) is 0 Å². The first-order valence-corrected chi connectivity index (χ1v) is 19.6. The number of nitrogens with two attached hydrogens (primary N) is 1. The Kier molecular flexibility index (Phi) is 9.49. The molecule has 1 aliphatic rings. The van der Waals surface area contributed by atoms with Gasteiger partial charge in [0.25, 0.3) is 0 Å². The molecule has 0 unspecified atom stereocenters. The third-order valence-corrected chi connectivity index (χ3v) is 11.2. The Labute approximate surface area is 335 Å². The van der Waals surface area contributed by atoms with Crippen LogP contribution < -0.4 is 5.73 Å².